The fourth-order valence-electron chi connectivity index (χ4n) is 3.39. The van der Waals surface area contributed by atoms with Crippen LogP contribution < -0.4 is 10.1 Å². The lowest BCUT2D eigenvalue weighted by molar-refractivity contribution is -0.153. The van der Waals surface area contributed by atoms with Gasteiger partial charge in [-0.3, -0.25) is 4.79 Å². The number of benzene rings is 1. The van der Waals surface area contributed by atoms with E-state index in [1.165, 1.54) is 12.1 Å². The lowest BCUT2D eigenvalue weighted by atomic mass is 10.0. The van der Waals surface area contributed by atoms with Crippen LogP contribution in [-0.4, -0.2) is 23.7 Å². The van der Waals surface area contributed by atoms with E-state index in [0.717, 1.165) is 15.6 Å². The van der Waals surface area contributed by atoms with Gasteiger partial charge in [0.05, 0.1) is 16.2 Å². The molecule has 4 nitrogen and oxygen atoms in total. The minimum Gasteiger partial charge on any atom is -0.484 e. The predicted molar refractivity (Wildman–Crippen MR) is 107 cm³/mol. The predicted octanol–water partition coefficient (Wildman–Crippen LogP) is 5.65. The largest absolute Gasteiger partial charge is 0.484 e. The molecule has 0 saturated heterocycles. The van der Waals surface area contributed by atoms with E-state index in [2.05, 4.69) is 10.3 Å². The summed E-state index contributed by atoms with van der Waals surface area (Å²) in [6.45, 7) is 4.47. The summed E-state index contributed by atoms with van der Waals surface area (Å²) in [7, 11) is 0. The number of hydrogen-bond acceptors (Lipinski definition) is 4. The molecule has 1 aliphatic carbocycles. The van der Waals surface area contributed by atoms with Crippen LogP contribution in [0.15, 0.2) is 18.2 Å². The van der Waals surface area contributed by atoms with E-state index < -0.39 is 18.3 Å². The van der Waals surface area contributed by atoms with Crippen molar-refractivity contribution in [3.05, 3.63) is 44.4 Å². The van der Waals surface area contributed by atoms with Gasteiger partial charge < -0.3 is 10.1 Å². The fourth-order valence-corrected chi connectivity index (χ4v) is 4.60. The summed E-state index contributed by atoms with van der Waals surface area (Å²) in [6.07, 6.45) is -2.73. The van der Waals surface area contributed by atoms with Crippen LogP contribution in [0, 0.1) is 13.8 Å². The summed E-state index contributed by atoms with van der Waals surface area (Å²) in [5, 5.41) is 4.28. The molecule has 3 rings (SSSR count). The number of nitrogens with one attached hydrogen (secondary N) is 1. The Labute approximate surface area is 176 Å². The number of aromatic nitrogens is 1. The van der Waals surface area contributed by atoms with Crippen molar-refractivity contribution in [2.45, 2.75) is 57.7 Å². The average Bonchev–Trinajstić information content (AvgIpc) is 3.29. The van der Waals surface area contributed by atoms with Crippen molar-refractivity contribution in [3.63, 3.8) is 0 Å². The van der Waals surface area contributed by atoms with Crippen molar-refractivity contribution >= 4 is 28.8 Å². The van der Waals surface area contributed by atoms with E-state index in [1.807, 2.05) is 20.8 Å². The summed E-state index contributed by atoms with van der Waals surface area (Å²) in [6, 6.07) is 4.52. The molecule has 1 amide bonds. The summed E-state index contributed by atoms with van der Waals surface area (Å²) in [4.78, 5) is 18.2. The molecule has 0 spiro atoms. The Kier molecular flexibility index (Phi) is 6.15. The van der Waals surface area contributed by atoms with E-state index in [1.54, 1.807) is 17.4 Å². The molecule has 29 heavy (non-hydrogen) atoms. The minimum atomic E-state index is -4.43. The second-order valence-electron chi connectivity index (χ2n) is 7.50. The van der Waals surface area contributed by atoms with Crippen LogP contribution >= 0.6 is 22.9 Å². The number of carbonyl (C=O) groups excluding carboxylic acids is 1. The van der Waals surface area contributed by atoms with Gasteiger partial charge in [0.1, 0.15) is 5.75 Å². The molecule has 2 aromatic rings. The monoisotopic (exact) mass is 446 g/mol. The number of thiazole rings is 1. The Morgan fingerprint density at radius 3 is 2.59 bits per heavy atom. The van der Waals surface area contributed by atoms with E-state index >= 15 is 0 Å². The van der Waals surface area contributed by atoms with Gasteiger partial charge in [-0.05, 0) is 50.5 Å². The van der Waals surface area contributed by atoms with Crippen molar-refractivity contribution in [2.24, 2.45) is 0 Å². The first kappa shape index (κ1) is 21.9. The number of carbonyl (C=O) groups is 1. The number of ether oxygens (including phenoxy) is 1. The van der Waals surface area contributed by atoms with Gasteiger partial charge in [0.2, 0.25) is 5.91 Å². The number of aryl methyl sites for hydroxylation is 2. The fraction of sp³-hybridized carbons (Fsp3) is 0.500. The Morgan fingerprint density at radius 2 is 2.03 bits per heavy atom. The van der Waals surface area contributed by atoms with Crippen LogP contribution in [0.5, 0.6) is 5.75 Å². The molecular weight excluding hydrogens is 425 g/mol. The van der Waals surface area contributed by atoms with Crippen molar-refractivity contribution < 1.29 is 22.7 Å². The zero-order valence-electron chi connectivity index (χ0n) is 16.3. The van der Waals surface area contributed by atoms with Crippen molar-refractivity contribution in [1.82, 2.24) is 10.3 Å². The number of nitrogens with zero attached hydrogens (tertiary/aromatic N) is 1. The van der Waals surface area contributed by atoms with Crippen molar-refractivity contribution in [3.8, 4) is 5.75 Å². The van der Waals surface area contributed by atoms with E-state index in [9.17, 15) is 18.0 Å². The molecule has 0 aliphatic heterocycles. The molecule has 1 aromatic carbocycles. The third kappa shape index (κ3) is 5.63. The highest BCUT2D eigenvalue weighted by Gasteiger charge is 2.46. The molecule has 0 radical (unpaired) electrons. The minimum absolute atomic E-state index is 0.0297. The number of alkyl halides is 3. The van der Waals surface area contributed by atoms with Gasteiger partial charge in [-0.1, -0.05) is 18.5 Å². The maximum Gasteiger partial charge on any atom is 0.422 e. The second-order valence-corrected chi connectivity index (χ2v) is 9.17. The third-order valence-electron chi connectivity index (χ3n) is 4.83. The van der Waals surface area contributed by atoms with Crippen LogP contribution in [0.1, 0.15) is 53.2 Å². The van der Waals surface area contributed by atoms with Gasteiger partial charge in [0.15, 0.2) is 6.61 Å². The second kappa shape index (κ2) is 8.14. The molecule has 1 aromatic heterocycles. The standard InChI is InChI=1S/C20H22ClF3N2O2S/c1-11(18-12(2)25-13(3)29-18)6-17(27)26-19(4-5-19)14-7-15(21)9-16(8-14)28-10-20(22,23)24/h7-9,11H,4-6,10H2,1-3H3,(H,26,27). The summed E-state index contributed by atoms with van der Waals surface area (Å²) < 4.78 is 42.1. The third-order valence-corrected chi connectivity index (χ3v) is 6.36. The summed E-state index contributed by atoms with van der Waals surface area (Å²) in [5.41, 5.74) is 1.000. The van der Waals surface area contributed by atoms with Gasteiger partial charge in [-0.2, -0.15) is 13.2 Å². The average molecular weight is 447 g/mol. The molecule has 158 valence electrons. The molecule has 1 aliphatic rings. The summed E-state index contributed by atoms with van der Waals surface area (Å²) in [5.74, 6) is -0.0466. The molecule has 9 heteroatoms. The molecule has 1 saturated carbocycles. The van der Waals surface area contributed by atoms with Crippen LogP contribution in [0.2, 0.25) is 5.02 Å². The number of amides is 1. The zero-order chi connectivity index (χ0) is 21.4. The summed E-state index contributed by atoms with van der Waals surface area (Å²) >= 11 is 7.66. The lowest BCUT2D eigenvalue weighted by Crippen LogP contribution is -2.35. The maximum absolute atomic E-state index is 12.7. The normalized spacial score (nSPS) is 16.4. The molecule has 0 bridgehead atoms. The van der Waals surface area contributed by atoms with Gasteiger partial charge in [-0.15, -0.1) is 11.3 Å². The lowest BCUT2D eigenvalue weighted by Gasteiger charge is -2.21. The number of halogens is 4. The van der Waals surface area contributed by atoms with Crippen molar-refractivity contribution in [1.29, 1.82) is 0 Å². The molecule has 1 N–H and O–H groups in total. The van der Waals surface area contributed by atoms with Gasteiger partial charge >= 0.3 is 6.18 Å². The van der Waals surface area contributed by atoms with E-state index in [0.29, 0.717) is 24.8 Å². The quantitative estimate of drug-likeness (QED) is 0.597. The molecule has 1 unspecified atom stereocenters. The first-order valence-electron chi connectivity index (χ1n) is 9.23. The Balaban J connectivity index is 1.69. The smallest absolute Gasteiger partial charge is 0.422 e. The molecule has 1 fully saturated rings. The topological polar surface area (TPSA) is 51.2 Å². The van der Waals surface area contributed by atoms with Gasteiger partial charge in [-0.25, -0.2) is 4.98 Å². The Bertz CT molecular complexity index is 910. The highest BCUT2D eigenvalue weighted by molar-refractivity contribution is 7.11. The van der Waals surface area contributed by atoms with Crippen molar-refractivity contribution in [2.75, 3.05) is 6.61 Å². The van der Waals surface area contributed by atoms with Crippen LogP contribution in [-0.2, 0) is 10.3 Å². The molecule has 1 atom stereocenters. The van der Waals surface area contributed by atoms with Crippen LogP contribution in [0.3, 0.4) is 0 Å². The molecule has 1 heterocycles. The first-order chi connectivity index (χ1) is 13.5. The first-order valence-corrected chi connectivity index (χ1v) is 10.4. The Hall–Kier alpha value is -1.80. The van der Waals surface area contributed by atoms with Gasteiger partial charge in [0, 0.05) is 22.2 Å². The van der Waals surface area contributed by atoms with Gasteiger partial charge in [0.25, 0.3) is 0 Å². The van der Waals surface area contributed by atoms with E-state index in [4.69, 9.17) is 16.3 Å². The highest BCUT2D eigenvalue weighted by atomic mass is 35.5. The highest BCUT2D eigenvalue weighted by Crippen LogP contribution is 2.47. The maximum atomic E-state index is 12.7. The van der Waals surface area contributed by atoms with Crippen LogP contribution in [0.25, 0.3) is 0 Å². The SMILES string of the molecule is Cc1nc(C)c(C(C)CC(=O)NC2(c3cc(Cl)cc(OCC(F)(F)F)c3)CC2)s1. The number of rotatable bonds is 7. The van der Waals surface area contributed by atoms with E-state index in [-0.39, 0.29) is 22.6 Å². The van der Waals surface area contributed by atoms with Crippen LogP contribution in [0.4, 0.5) is 13.2 Å². The number of hydrogen-bond donors (Lipinski definition) is 1. The Morgan fingerprint density at radius 1 is 1.34 bits per heavy atom. The zero-order valence-corrected chi connectivity index (χ0v) is 17.9. The molecular formula is C20H22ClF3N2O2S.